The van der Waals surface area contributed by atoms with E-state index in [1.165, 1.54) is 24.1 Å². The van der Waals surface area contributed by atoms with Gasteiger partial charge in [-0.05, 0) is 65.5 Å². The summed E-state index contributed by atoms with van der Waals surface area (Å²) in [5.41, 5.74) is 4.29. The summed E-state index contributed by atoms with van der Waals surface area (Å²) in [7, 11) is 1.84. The number of unbranched alkanes of at least 4 members (excludes halogenated alkanes) is 1. The van der Waals surface area contributed by atoms with Gasteiger partial charge < -0.3 is 4.65 Å². The highest BCUT2D eigenvalue weighted by Gasteiger charge is 2.34. The van der Waals surface area contributed by atoms with Crippen LogP contribution in [0.3, 0.4) is 0 Å². The minimum absolute atomic E-state index is 0.225. The molecular weight excluding hydrogens is 325 g/mol. The van der Waals surface area contributed by atoms with Crippen molar-refractivity contribution >= 4 is 37.0 Å². The Bertz CT molecular complexity index is 576. The van der Waals surface area contributed by atoms with Crippen LogP contribution in [-0.4, -0.2) is 23.5 Å². The highest BCUT2D eigenvalue weighted by Crippen LogP contribution is 2.30. The number of rotatable bonds is 10. The summed E-state index contributed by atoms with van der Waals surface area (Å²) in [6, 6.07) is 6.33. The Hall–Kier alpha value is -0.735. The molecule has 2 nitrogen and oxygen atoms in total. The van der Waals surface area contributed by atoms with Gasteiger partial charge in [0.05, 0.1) is 11.3 Å². The monoisotopic (exact) mass is 360 g/mol. The van der Waals surface area contributed by atoms with E-state index in [4.69, 9.17) is 9.65 Å². The van der Waals surface area contributed by atoms with Crippen LogP contribution >= 0.6 is 12.6 Å². The predicted octanol–water partition coefficient (Wildman–Crippen LogP) is 5.81. The molecule has 0 saturated heterocycles. The smallest absolute Gasteiger partial charge is 0.330 e. The lowest BCUT2D eigenvalue weighted by atomic mass is 9.83. The van der Waals surface area contributed by atoms with Gasteiger partial charge in [0.25, 0.3) is 0 Å². The summed E-state index contributed by atoms with van der Waals surface area (Å²) in [4.78, 5) is 4.92. The van der Waals surface area contributed by atoms with E-state index >= 15 is 0 Å². The van der Waals surface area contributed by atoms with Gasteiger partial charge in [0.2, 0.25) is 0 Å². The zero-order chi connectivity index (χ0) is 19.1. The second kappa shape index (κ2) is 9.82. The van der Waals surface area contributed by atoms with E-state index in [0.717, 1.165) is 30.4 Å². The van der Waals surface area contributed by atoms with Crippen molar-refractivity contribution < 1.29 is 4.65 Å². The van der Waals surface area contributed by atoms with Crippen molar-refractivity contribution in [3.8, 4) is 0 Å². The third kappa shape index (κ3) is 7.19. The molecule has 0 fully saturated rings. The lowest BCUT2D eigenvalue weighted by Crippen LogP contribution is -2.45. The molecule has 0 N–H and O–H groups in total. The number of benzene rings is 1. The highest BCUT2D eigenvalue weighted by atomic mass is 32.1. The molecule has 0 bridgehead atoms. The van der Waals surface area contributed by atoms with E-state index in [2.05, 4.69) is 79.3 Å². The lowest BCUT2D eigenvalue weighted by Gasteiger charge is -2.38. The molecule has 0 saturated carbocycles. The summed E-state index contributed by atoms with van der Waals surface area (Å²) in [6.07, 6.45) is 5.76. The Morgan fingerprint density at radius 2 is 1.80 bits per heavy atom. The average molecular weight is 360 g/mol. The van der Waals surface area contributed by atoms with Gasteiger partial charge in [0.15, 0.2) is 0 Å². The number of aryl methyl sites for hydroxylation is 1. The fourth-order valence-corrected chi connectivity index (χ4v) is 2.37. The molecule has 0 aromatic heterocycles. The van der Waals surface area contributed by atoms with Gasteiger partial charge in [0.1, 0.15) is 0 Å². The number of nitrogens with zero attached hydrogens (tertiary/aromatic N) is 1. The molecule has 0 unspecified atom stereocenters. The Labute approximate surface area is 161 Å². The second-order valence-corrected chi connectivity index (χ2v) is 9.00. The summed E-state index contributed by atoms with van der Waals surface area (Å²) in [6.45, 7) is 14.8. The number of hydrogen-bond donors (Lipinski definition) is 1. The molecule has 4 heteroatoms. The first-order valence-corrected chi connectivity index (χ1v) is 9.96. The molecule has 139 valence electrons. The zero-order valence-electron chi connectivity index (χ0n) is 17.1. The van der Waals surface area contributed by atoms with Crippen LogP contribution in [-0.2, 0) is 4.65 Å². The Kier molecular flexibility index (Phi) is 8.76. The van der Waals surface area contributed by atoms with E-state index in [9.17, 15) is 0 Å². The minimum atomic E-state index is -0.352. The molecule has 1 rings (SSSR count). The van der Waals surface area contributed by atoms with Crippen molar-refractivity contribution in [3.05, 3.63) is 23.8 Å². The number of aliphatic imine (C=N–C) groups is 1. The summed E-state index contributed by atoms with van der Waals surface area (Å²) < 4.78 is 5.79. The Balaban J connectivity index is 2.86. The standard InChI is InChI=1S/C21H35BNOS/c1-8-10-12-18(11-9-2)23-19-14-13-17(15-16(19)3)22-24-20(4,5)21(6,7)25/h13-15,25H,8-12H2,1-7H3. The minimum Gasteiger partial charge on any atom is -0.428 e. The van der Waals surface area contributed by atoms with Crippen LogP contribution in [0, 0.1) is 6.92 Å². The largest absolute Gasteiger partial charge is 0.428 e. The van der Waals surface area contributed by atoms with Crippen LogP contribution in [0.1, 0.15) is 79.2 Å². The molecule has 1 aromatic carbocycles. The molecule has 0 spiro atoms. The Morgan fingerprint density at radius 3 is 2.32 bits per heavy atom. The number of thiol groups is 1. The van der Waals surface area contributed by atoms with Gasteiger partial charge in [0, 0.05) is 10.5 Å². The molecule has 25 heavy (non-hydrogen) atoms. The van der Waals surface area contributed by atoms with Gasteiger partial charge in [-0.15, -0.1) is 0 Å². The van der Waals surface area contributed by atoms with Crippen LogP contribution in [0.25, 0.3) is 0 Å². The number of hydrogen-bond acceptors (Lipinski definition) is 3. The summed E-state index contributed by atoms with van der Waals surface area (Å²) in [5, 5.41) is 0. The van der Waals surface area contributed by atoms with Crippen LogP contribution in [0.15, 0.2) is 23.2 Å². The van der Waals surface area contributed by atoms with Gasteiger partial charge >= 0.3 is 7.48 Å². The zero-order valence-corrected chi connectivity index (χ0v) is 18.0. The van der Waals surface area contributed by atoms with Gasteiger partial charge in [-0.1, -0.05) is 44.3 Å². The third-order valence-corrected chi connectivity index (χ3v) is 5.36. The molecule has 0 amide bonds. The summed E-state index contributed by atoms with van der Waals surface area (Å²) >= 11 is 4.64. The van der Waals surface area contributed by atoms with Crippen LogP contribution in [0.4, 0.5) is 5.69 Å². The Morgan fingerprint density at radius 1 is 1.12 bits per heavy atom. The maximum absolute atomic E-state index is 6.01. The van der Waals surface area contributed by atoms with Gasteiger partial charge in [-0.25, -0.2) is 0 Å². The SMILES string of the molecule is CCCCC(CCC)=Nc1ccc([B]OC(C)(C)C(C)(C)S)cc1C. The van der Waals surface area contributed by atoms with Gasteiger partial charge in [-0.3, -0.25) is 4.99 Å². The van der Waals surface area contributed by atoms with Crippen LogP contribution in [0.2, 0.25) is 0 Å². The van der Waals surface area contributed by atoms with E-state index in [1.807, 2.05) is 7.48 Å². The molecule has 0 aliphatic carbocycles. The average Bonchev–Trinajstić information content (AvgIpc) is 2.52. The second-order valence-electron chi connectivity index (χ2n) is 7.88. The van der Waals surface area contributed by atoms with Crippen molar-refractivity contribution in [1.82, 2.24) is 0 Å². The molecule has 0 atom stereocenters. The molecular formula is C21H35BNOS. The maximum atomic E-state index is 6.01. The predicted molar refractivity (Wildman–Crippen MR) is 116 cm³/mol. The summed E-state index contributed by atoms with van der Waals surface area (Å²) in [5.74, 6) is 0. The van der Waals surface area contributed by atoms with Crippen molar-refractivity contribution in [1.29, 1.82) is 0 Å². The molecule has 1 radical (unpaired) electrons. The normalized spacial score (nSPS) is 13.2. The van der Waals surface area contributed by atoms with Crippen molar-refractivity contribution in [3.63, 3.8) is 0 Å². The highest BCUT2D eigenvalue weighted by molar-refractivity contribution is 7.81. The van der Waals surface area contributed by atoms with Crippen molar-refractivity contribution in [2.45, 2.75) is 90.9 Å². The van der Waals surface area contributed by atoms with E-state index in [-0.39, 0.29) is 10.3 Å². The van der Waals surface area contributed by atoms with Crippen LogP contribution in [0.5, 0.6) is 0 Å². The van der Waals surface area contributed by atoms with Crippen molar-refractivity contribution in [2.75, 3.05) is 0 Å². The first-order valence-electron chi connectivity index (χ1n) is 9.51. The van der Waals surface area contributed by atoms with E-state index in [1.54, 1.807) is 0 Å². The molecule has 0 aliphatic heterocycles. The van der Waals surface area contributed by atoms with Crippen molar-refractivity contribution in [2.24, 2.45) is 4.99 Å². The van der Waals surface area contributed by atoms with Crippen LogP contribution < -0.4 is 5.46 Å². The topological polar surface area (TPSA) is 21.6 Å². The van der Waals surface area contributed by atoms with E-state index in [0.29, 0.717) is 0 Å². The quantitative estimate of drug-likeness (QED) is 0.318. The fourth-order valence-electron chi connectivity index (χ4n) is 2.31. The first kappa shape index (κ1) is 22.3. The maximum Gasteiger partial charge on any atom is 0.330 e. The van der Waals surface area contributed by atoms with E-state index < -0.39 is 0 Å². The van der Waals surface area contributed by atoms with Gasteiger partial charge in [-0.2, -0.15) is 12.6 Å². The lowest BCUT2D eigenvalue weighted by molar-refractivity contribution is 0.0854. The molecule has 0 aliphatic rings. The molecule has 0 heterocycles. The fraction of sp³-hybridized carbons (Fsp3) is 0.667. The molecule has 1 aromatic rings. The first-order chi connectivity index (χ1) is 11.6. The third-order valence-electron chi connectivity index (χ3n) is 4.82.